The second-order valence-electron chi connectivity index (χ2n) is 7.13. The number of hydrogen-bond acceptors (Lipinski definition) is 6. The highest BCUT2D eigenvalue weighted by molar-refractivity contribution is 7.18. The molecule has 0 aliphatic carbocycles. The van der Waals surface area contributed by atoms with E-state index in [0.717, 1.165) is 6.42 Å². The average molecular weight is 436 g/mol. The fourth-order valence-electron chi connectivity index (χ4n) is 3.66. The van der Waals surface area contributed by atoms with Crippen LogP contribution in [0.25, 0.3) is 21.7 Å². The van der Waals surface area contributed by atoms with E-state index >= 15 is 0 Å². The molecule has 2 aromatic carbocycles. The number of rotatable bonds is 3. The molecule has 5 rings (SSSR count). The SMILES string of the molecule is O=C(Oc1ccccc1)N1CCC[C@@H]1c1nc2c(=O)[nH]c(-c3ccccc3F)nc2s1. The molecule has 0 spiro atoms. The van der Waals surface area contributed by atoms with E-state index in [1.54, 1.807) is 47.4 Å². The van der Waals surface area contributed by atoms with Crippen molar-refractivity contribution >= 4 is 27.8 Å². The zero-order chi connectivity index (χ0) is 21.4. The van der Waals surface area contributed by atoms with Gasteiger partial charge in [-0.15, -0.1) is 0 Å². The van der Waals surface area contributed by atoms with Gasteiger partial charge in [-0.1, -0.05) is 41.7 Å². The lowest BCUT2D eigenvalue weighted by atomic mass is 10.2. The van der Waals surface area contributed by atoms with Crippen LogP contribution < -0.4 is 10.3 Å². The minimum Gasteiger partial charge on any atom is -0.410 e. The third kappa shape index (κ3) is 3.68. The summed E-state index contributed by atoms with van der Waals surface area (Å²) in [5.74, 6) is 0.146. The summed E-state index contributed by atoms with van der Waals surface area (Å²) in [6.07, 6.45) is 1.05. The molecule has 4 aromatic rings. The molecule has 156 valence electrons. The first kappa shape index (κ1) is 19.4. The number of aromatic nitrogens is 3. The maximum atomic E-state index is 14.1. The molecule has 0 bridgehead atoms. The number of nitrogens with zero attached hydrogens (tertiary/aromatic N) is 3. The van der Waals surface area contributed by atoms with E-state index in [0.29, 0.717) is 28.6 Å². The van der Waals surface area contributed by atoms with Crippen molar-refractivity contribution in [1.29, 1.82) is 0 Å². The molecule has 7 nitrogen and oxygen atoms in total. The van der Waals surface area contributed by atoms with E-state index in [1.165, 1.54) is 17.4 Å². The molecule has 1 amide bonds. The van der Waals surface area contributed by atoms with Gasteiger partial charge in [-0.05, 0) is 37.1 Å². The summed E-state index contributed by atoms with van der Waals surface area (Å²) in [4.78, 5) is 38.8. The van der Waals surface area contributed by atoms with Crippen molar-refractivity contribution < 1.29 is 13.9 Å². The van der Waals surface area contributed by atoms with Gasteiger partial charge in [0.05, 0.1) is 11.6 Å². The summed E-state index contributed by atoms with van der Waals surface area (Å²) in [5, 5.41) is 0.612. The summed E-state index contributed by atoms with van der Waals surface area (Å²) in [6, 6.07) is 14.7. The van der Waals surface area contributed by atoms with Crippen LogP contribution in [-0.2, 0) is 0 Å². The van der Waals surface area contributed by atoms with Crippen LogP contribution in [-0.4, -0.2) is 32.5 Å². The van der Waals surface area contributed by atoms with Crippen LogP contribution in [0.4, 0.5) is 9.18 Å². The largest absolute Gasteiger partial charge is 0.415 e. The van der Waals surface area contributed by atoms with Crippen molar-refractivity contribution in [2.45, 2.75) is 18.9 Å². The lowest BCUT2D eigenvalue weighted by Crippen LogP contribution is -2.33. The van der Waals surface area contributed by atoms with Crippen LogP contribution in [0, 0.1) is 5.82 Å². The summed E-state index contributed by atoms with van der Waals surface area (Å²) in [7, 11) is 0. The number of hydrogen-bond donors (Lipinski definition) is 1. The second kappa shape index (κ2) is 7.92. The van der Waals surface area contributed by atoms with Gasteiger partial charge in [0.15, 0.2) is 10.3 Å². The van der Waals surface area contributed by atoms with Crippen molar-refractivity contribution in [3.8, 4) is 17.1 Å². The number of ether oxygens (including phenoxy) is 1. The molecular weight excluding hydrogens is 419 g/mol. The second-order valence-corrected chi connectivity index (χ2v) is 8.14. The maximum Gasteiger partial charge on any atom is 0.415 e. The number of benzene rings is 2. The molecule has 31 heavy (non-hydrogen) atoms. The number of fused-ring (bicyclic) bond motifs is 1. The average Bonchev–Trinajstić information content (AvgIpc) is 3.42. The molecule has 1 fully saturated rings. The minimum atomic E-state index is -0.472. The highest BCUT2D eigenvalue weighted by Crippen LogP contribution is 2.36. The number of amides is 1. The normalized spacial score (nSPS) is 16.0. The molecule has 0 saturated carbocycles. The topological polar surface area (TPSA) is 88.2 Å². The van der Waals surface area contributed by atoms with Gasteiger partial charge in [-0.2, -0.15) is 0 Å². The minimum absolute atomic E-state index is 0.151. The fraction of sp³-hybridized carbons (Fsp3) is 0.182. The lowest BCUT2D eigenvalue weighted by molar-refractivity contribution is 0.147. The summed E-state index contributed by atoms with van der Waals surface area (Å²) in [6.45, 7) is 0.538. The van der Waals surface area contributed by atoms with E-state index in [2.05, 4.69) is 15.0 Å². The molecule has 1 saturated heterocycles. The van der Waals surface area contributed by atoms with Gasteiger partial charge in [0.1, 0.15) is 22.4 Å². The third-order valence-electron chi connectivity index (χ3n) is 5.14. The number of likely N-dealkylation sites (tertiary alicyclic amines) is 1. The number of nitrogens with one attached hydrogen (secondary N) is 1. The molecule has 9 heteroatoms. The van der Waals surface area contributed by atoms with Crippen LogP contribution in [0.1, 0.15) is 23.9 Å². The van der Waals surface area contributed by atoms with E-state index in [4.69, 9.17) is 4.74 Å². The number of carbonyl (C=O) groups is 1. The first-order valence-electron chi connectivity index (χ1n) is 9.79. The van der Waals surface area contributed by atoms with E-state index in [1.807, 2.05) is 6.07 Å². The van der Waals surface area contributed by atoms with Crippen molar-refractivity contribution in [3.05, 3.63) is 75.8 Å². The van der Waals surface area contributed by atoms with Crippen molar-refractivity contribution in [1.82, 2.24) is 19.9 Å². The van der Waals surface area contributed by atoms with Crippen molar-refractivity contribution in [2.24, 2.45) is 0 Å². The number of halogens is 1. The summed E-state index contributed by atoms with van der Waals surface area (Å²) < 4.78 is 19.6. The fourth-order valence-corrected chi connectivity index (χ4v) is 4.75. The number of H-pyrrole nitrogens is 1. The molecular formula is C22H17FN4O3S. The maximum absolute atomic E-state index is 14.1. The van der Waals surface area contributed by atoms with Crippen LogP contribution in [0.3, 0.4) is 0 Å². The highest BCUT2D eigenvalue weighted by Gasteiger charge is 2.34. The number of thiazole rings is 1. The zero-order valence-electron chi connectivity index (χ0n) is 16.2. The van der Waals surface area contributed by atoms with Gasteiger partial charge in [-0.25, -0.2) is 19.2 Å². The Kier molecular flexibility index (Phi) is 4.95. The first-order valence-corrected chi connectivity index (χ1v) is 10.6. The van der Waals surface area contributed by atoms with E-state index in [9.17, 15) is 14.0 Å². The Bertz CT molecular complexity index is 1320. The Morgan fingerprint density at radius 2 is 1.90 bits per heavy atom. The molecule has 1 atom stereocenters. The first-order chi connectivity index (χ1) is 15.1. The van der Waals surface area contributed by atoms with Crippen LogP contribution in [0.15, 0.2) is 59.4 Å². The Labute approximate surface area is 180 Å². The quantitative estimate of drug-likeness (QED) is 0.510. The monoisotopic (exact) mass is 436 g/mol. The molecule has 3 heterocycles. The highest BCUT2D eigenvalue weighted by atomic mass is 32.1. The standard InChI is InChI=1S/C22H17FN4O3S/c23-15-10-5-4-9-14(15)18-25-19(28)17-21(26-18)31-20(24-17)16-11-6-12-27(16)22(29)30-13-7-2-1-3-8-13/h1-5,7-10,16H,6,11-12H2,(H,25,26,28)/t16-/m1/s1. The number of aromatic amines is 1. The Morgan fingerprint density at radius 1 is 1.13 bits per heavy atom. The van der Waals surface area contributed by atoms with Crippen LogP contribution in [0.5, 0.6) is 5.75 Å². The molecule has 0 unspecified atom stereocenters. The smallest absolute Gasteiger partial charge is 0.410 e. The zero-order valence-corrected chi connectivity index (χ0v) is 17.1. The Balaban J connectivity index is 1.47. The van der Waals surface area contributed by atoms with Gasteiger partial charge >= 0.3 is 6.09 Å². The van der Waals surface area contributed by atoms with E-state index in [-0.39, 0.29) is 22.9 Å². The predicted octanol–water partition coefficient (Wildman–Crippen LogP) is 4.52. The molecule has 1 N–H and O–H groups in total. The van der Waals surface area contributed by atoms with Gasteiger partial charge in [0.25, 0.3) is 5.56 Å². The predicted molar refractivity (Wildman–Crippen MR) is 115 cm³/mol. The van der Waals surface area contributed by atoms with Crippen molar-refractivity contribution in [2.75, 3.05) is 6.54 Å². The van der Waals surface area contributed by atoms with Crippen molar-refractivity contribution in [3.63, 3.8) is 0 Å². The van der Waals surface area contributed by atoms with E-state index < -0.39 is 17.5 Å². The Morgan fingerprint density at radius 3 is 2.71 bits per heavy atom. The van der Waals surface area contributed by atoms with Gasteiger partial charge in [-0.3, -0.25) is 9.69 Å². The molecule has 1 aliphatic heterocycles. The molecule has 0 radical (unpaired) electrons. The van der Waals surface area contributed by atoms with Gasteiger partial charge < -0.3 is 9.72 Å². The molecule has 1 aliphatic rings. The van der Waals surface area contributed by atoms with Gasteiger partial charge in [0.2, 0.25) is 0 Å². The lowest BCUT2D eigenvalue weighted by Gasteiger charge is -2.22. The third-order valence-corrected chi connectivity index (χ3v) is 6.19. The number of carbonyl (C=O) groups excluding carboxylic acids is 1. The Hall–Kier alpha value is -3.59. The van der Waals surface area contributed by atoms with Crippen LogP contribution in [0.2, 0.25) is 0 Å². The van der Waals surface area contributed by atoms with Gasteiger partial charge in [0, 0.05) is 6.54 Å². The number of para-hydroxylation sites is 1. The summed E-state index contributed by atoms with van der Waals surface area (Å²) >= 11 is 1.24. The summed E-state index contributed by atoms with van der Waals surface area (Å²) in [5.41, 5.74) is -0.0455. The molecule has 2 aromatic heterocycles. The van der Waals surface area contributed by atoms with Crippen LogP contribution >= 0.6 is 11.3 Å².